The number of hydrogen-bond acceptors (Lipinski definition) is 2. The van der Waals surface area contributed by atoms with Gasteiger partial charge in [-0.15, -0.1) is 0 Å². The van der Waals surface area contributed by atoms with Crippen LogP contribution in [0.3, 0.4) is 0 Å². The maximum Gasteiger partial charge on any atom is 0.140 e. The van der Waals surface area contributed by atoms with Crippen molar-refractivity contribution in [2.24, 2.45) is 5.73 Å². The van der Waals surface area contributed by atoms with Crippen molar-refractivity contribution in [2.75, 3.05) is 0 Å². The lowest BCUT2D eigenvalue weighted by atomic mass is 10.1. The summed E-state index contributed by atoms with van der Waals surface area (Å²) in [6.07, 6.45) is 0.412. The van der Waals surface area contributed by atoms with Gasteiger partial charge in [-0.25, -0.2) is 13.2 Å². The van der Waals surface area contributed by atoms with Crippen LogP contribution in [0, 0.1) is 17.5 Å². The van der Waals surface area contributed by atoms with Gasteiger partial charge >= 0.3 is 0 Å². The van der Waals surface area contributed by atoms with Gasteiger partial charge < -0.3 is 5.73 Å². The molecule has 0 aliphatic heterocycles. The highest BCUT2D eigenvalue weighted by molar-refractivity contribution is 7.99. The smallest absolute Gasteiger partial charge is 0.140 e. The predicted octanol–water partition coefficient (Wildman–Crippen LogP) is 4.14. The van der Waals surface area contributed by atoms with Gasteiger partial charge in [-0.3, -0.25) is 0 Å². The van der Waals surface area contributed by atoms with Gasteiger partial charge in [-0.2, -0.15) is 0 Å². The van der Waals surface area contributed by atoms with Crippen LogP contribution in [0.25, 0.3) is 0 Å². The van der Waals surface area contributed by atoms with Crippen LogP contribution in [0.1, 0.15) is 12.5 Å². The Morgan fingerprint density at radius 1 is 1.05 bits per heavy atom. The molecule has 1 unspecified atom stereocenters. The van der Waals surface area contributed by atoms with Crippen LogP contribution in [0.15, 0.2) is 46.2 Å². The zero-order chi connectivity index (χ0) is 14.7. The van der Waals surface area contributed by atoms with Crippen molar-refractivity contribution in [1.29, 1.82) is 0 Å². The Morgan fingerprint density at radius 2 is 1.60 bits per heavy atom. The van der Waals surface area contributed by atoms with Crippen LogP contribution in [0.4, 0.5) is 13.2 Å². The van der Waals surface area contributed by atoms with Gasteiger partial charge in [0.2, 0.25) is 0 Å². The van der Waals surface area contributed by atoms with E-state index in [9.17, 15) is 13.2 Å². The van der Waals surface area contributed by atoms with Crippen LogP contribution in [-0.2, 0) is 6.42 Å². The van der Waals surface area contributed by atoms with Crippen LogP contribution < -0.4 is 5.73 Å². The van der Waals surface area contributed by atoms with Crippen molar-refractivity contribution in [2.45, 2.75) is 29.2 Å². The highest BCUT2D eigenvalue weighted by Crippen LogP contribution is 2.32. The largest absolute Gasteiger partial charge is 0.328 e. The van der Waals surface area contributed by atoms with Crippen molar-refractivity contribution in [3.8, 4) is 0 Å². The van der Waals surface area contributed by atoms with E-state index in [4.69, 9.17) is 5.73 Å². The van der Waals surface area contributed by atoms with Crippen molar-refractivity contribution < 1.29 is 13.2 Å². The Labute approximate surface area is 120 Å². The lowest BCUT2D eigenvalue weighted by Crippen LogP contribution is -2.18. The summed E-state index contributed by atoms with van der Waals surface area (Å²) in [5.74, 6) is -1.65. The fraction of sp³-hybridized carbons (Fsp3) is 0.200. The third kappa shape index (κ3) is 3.77. The number of halogens is 3. The van der Waals surface area contributed by atoms with E-state index < -0.39 is 11.6 Å². The van der Waals surface area contributed by atoms with E-state index >= 15 is 0 Å². The molecule has 2 rings (SSSR count). The summed E-state index contributed by atoms with van der Waals surface area (Å²) in [5, 5.41) is 0. The molecule has 0 aromatic heterocycles. The third-order valence-corrected chi connectivity index (χ3v) is 3.75. The van der Waals surface area contributed by atoms with E-state index in [1.165, 1.54) is 36.4 Å². The zero-order valence-electron chi connectivity index (χ0n) is 10.9. The topological polar surface area (TPSA) is 26.0 Å². The Morgan fingerprint density at radius 3 is 2.10 bits per heavy atom. The molecule has 1 nitrogen and oxygen atoms in total. The van der Waals surface area contributed by atoms with Crippen LogP contribution in [0.5, 0.6) is 0 Å². The molecule has 0 saturated heterocycles. The summed E-state index contributed by atoms with van der Waals surface area (Å²) in [4.78, 5) is 0.481. The standard InChI is InChI=1S/C15H14F3NS/c1-9(19)6-10-7-13(17)15(14(18)8-10)20-12-4-2-11(16)3-5-12/h2-5,7-9H,6,19H2,1H3. The van der Waals surface area contributed by atoms with E-state index in [1.807, 2.05) is 0 Å². The predicted molar refractivity (Wildman–Crippen MR) is 74.2 cm³/mol. The molecule has 2 aromatic rings. The summed E-state index contributed by atoms with van der Waals surface area (Å²) in [5.41, 5.74) is 6.14. The molecule has 0 fully saturated rings. The van der Waals surface area contributed by atoms with E-state index in [2.05, 4.69) is 0 Å². The lowest BCUT2D eigenvalue weighted by Gasteiger charge is -2.09. The molecule has 0 spiro atoms. The fourth-order valence-electron chi connectivity index (χ4n) is 1.82. The molecular weight excluding hydrogens is 283 g/mol. The second-order valence-electron chi connectivity index (χ2n) is 4.63. The Bertz CT molecular complexity index is 574. The molecular formula is C15H14F3NS. The van der Waals surface area contributed by atoms with E-state index in [0.717, 1.165) is 11.8 Å². The van der Waals surface area contributed by atoms with Crippen molar-refractivity contribution in [3.63, 3.8) is 0 Å². The average Bonchev–Trinajstić information content (AvgIpc) is 2.35. The molecule has 2 aromatic carbocycles. The summed E-state index contributed by atoms with van der Waals surface area (Å²) in [6, 6.07) is 7.88. The quantitative estimate of drug-likeness (QED) is 0.917. The minimum absolute atomic E-state index is 0.0926. The maximum atomic E-state index is 14.0. The second-order valence-corrected chi connectivity index (χ2v) is 5.71. The van der Waals surface area contributed by atoms with Crippen molar-refractivity contribution in [3.05, 3.63) is 59.4 Å². The first kappa shape index (κ1) is 14.9. The molecule has 20 heavy (non-hydrogen) atoms. The lowest BCUT2D eigenvalue weighted by molar-refractivity contribution is 0.535. The summed E-state index contributed by atoms with van der Waals surface area (Å²) in [7, 11) is 0. The molecule has 0 heterocycles. The Balaban J connectivity index is 2.26. The second kappa shape index (κ2) is 6.33. The first-order chi connectivity index (χ1) is 9.45. The molecule has 0 saturated carbocycles. The fourth-order valence-corrected chi connectivity index (χ4v) is 2.64. The molecule has 0 aliphatic carbocycles. The van der Waals surface area contributed by atoms with E-state index in [-0.39, 0.29) is 16.8 Å². The van der Waals surface area contributed by atoms with Crippen molar-refractivity contribution in [1.82, 2.24) is 0 Å². The normalized spacial score (nSPS) is 12.4. The molecule has 106 valence electrons. The molecule has 5 heteroatoms. The van der Waals surface area contributed by atoms with Gasteiger partial charge in [-0.1, -0.05) is 11.8 Å². The number of hydrogen-bond donors (Lipinski definition) is 1. The minimum atomic E-state index is -0.630. The van der Waals surface area contributed by atoms with E-state index in [1.54, 1.807) is 6.92 Å². The molecule has 0 amide bonds. The van der Waals surface area contributed by atoms with Gasteiger partial charge in [0.25, 0.3) is 0 Å². The SMILES string of the molecule is CC(N)Cc1cc(F)c(Sc2ccc(F)cc2)c(F)c1. The van der Waals surface area contributed by atoms with Gasteiger partial charge in [-0.05, 0) is 55.3 Å². The van der Waals surface area contributed by atoms with Gasteiger partial charge in [0.1, 0.15) is 17.5 Å². The van der Waals surface area contributed by atoms with E-state index in [0.29, 0.717) is 16.9 Å². The Hall–Kier alpha value is -1.46. The molecule has 1 atom stereocenters. The maximum absolute atomic E-state index is 14.0. The minimum Gasteiger partial charge on any atom is -0.328 e. The zero-order valence-corrected chi connectivity index (χ0v) is 11.7. The molecule has 0 radical (unpaired) electrons. The number of rotatable bonds is 4. The van der Waals surface area contributed by atoms with Crippen LogP contribution in [-0.4, -0.2) is 6.04 Å². The molecule has 0 bridgehead atoms. The van der Waals surface area contributed by atoms with Crippen LogP contribution >= 0.6 is 11.8 Å². The third-order valence-electron chi connectivity index (χ3n) is 2.65. The Kier molecular flexibility index (Phi) is 4.73. The monoisotopic (exact) mass is 297 g/mol. The first-order valence-corrected chi connectivity index (χ1v) is 6.94. The summed E-state index contributed by atoms with van der Waals surface area (Å²) in [6.45, 7) is 1.77. The molecule has 0 aliphatic rings. The highest BCUT2D eigenvalue weighted by atomic mass is 32.2. The first-order valence-electron chi connectivity index (χ1n) is 6.12. The summed E-state index contributed by atoms with van der Waals surface area (Å²) >= 11 is 0.929. The highest BCUT2D eigenvalue weighted by Gasteiger charge is 2.13. The number of benzene rings is 2. The van der Waals surface area contributed by atoms with Crippen LogP contribution in [0.2, 0.25) is 0 Å². The van der Waals surface area contributed by atoms with Gasteiger partial charge in [0.15, 0.2) is 0 Å². The van der Waals surface area contributed by atoms with Gasteiger partial charge in [0, 0.05) is 10.9 Å². The summed E-state index contributed by atoms with van der Waals surface area (Å²) < 4.78 is 40.7. The van der Waals surface area contributed by atoms with Gasteiger partial charge in [0.05, 0.1) is 4.90 Å². The molecule has 2 N–H and O–H groups in total. The van der Waals surface area contributed by atoms with Crippen molar-refractivity contribution >= 4 is 11.8 Å². The number of nitrogens with two attached hydrogens (primary N) is 1. The average molecular weight is 297 g/mol.